The summed E-state index contributed by atoms with van der Waals surface area (Å²) in [6.07, 6.45) is 1.35. The number of anilines is 1. The van der Waals surface area contributed by atoms with E-state index >= 15 is 0 Å². The lowest BCUT2D eigenvalue weighted by Crippen LogP contribution is -2.53. The van der Waals surface area contributed by atoms with Gasteiger partial charge < -0.3 is 10.2 Å². The Kier molecular flexibility index (Phi) is 11.2. The highest BCUT2D eigenvalue weighted by Gasteiger charge is 2.33. The molecular formula is C33H42ClN3O4S. The Morgan fingerprint density at radius 2 is 1.48 bits per heavy atom. The standard InChI is InChI=1S/C33H42ClN3O4S/c1-24(2)21-35-32(39)30(20-25-10-8-7-9-11-25)36(22-26-12-16-28(34)17-13-26)31(38)23-37(42(6,40)41)29-18-14-27(15-19-29)33(3,4)5/h7-19,24,30H,20-23H2,1-6H3,(H,35,39). The Balaban J connectivity index is 2.04. The molecule has 0 spiro atoms. The van der Waals surface area contributed by atoms with Crippen LogP contribution in [0, 0.1) is 5.92 Å². The lowest BCUT2D eigenvalue weighted by Gasteiger charge is -2.33. The third-order valence-electron chi connectivity index (χ3n) is 6.92. The predicted molar refractivity (Wildman–Crippen MR) is 171 cm³/mol. The predicted octanol–water partition coefficient (Wildman–Crippen LogP) is 5.82. The van der Waals surface area contributed by atoms with Crippen LogP contribution in [-0.2, 0) is 38.0 Å². The van der Waals surface area contributed by atoms with E-state index in [1.54, 1.807) is 36.4 Å². The highest BCUT2D eigenvalue weighted by molar-refractivity contribution is 7.92. The minimum absolute atomic E-state index is 0.100. The van der Waals surface area contributed by atoms with Gasteiger partial charge >= 0.3 is 0 Å². The van der Waals surface area contributed by atoms with Gasteiger partial charge in [-0.15, -0.1) is 0 Å². The van der Waals surface area contributed by atoms with E-state index in [4.69, 9.17) is 11.6 Å². The first-order valence-electron chi connectivity index (χ1n) is 14.1. The molecule has 0 aromatic heterocycles. The number of halogens is 1. The van der Waals surface area contributed by atoms with E-state index in [9.17, 15) is 18.0 Å². The molecule has 42 heavy (non-hydrogen) atoms. The van der Waals surface area contributed by atoms with Crippen LogP contribution in [0.2, 0.25) is 5.02 Å². The SMILES string of the molecule is CC(C)CNC(=O)C(Cc1ccccc1)N(Cc1ccc(Cl)cc1)C(=O)CN(c1ccc(C(C)(C)C)cc1)S(C)(=O)=O. The van der Waals surface area contributed by atoms with Gasteiger partial charge in [0.1, 0.15) is 12.6 Å². The maximum Gasteiger partial charge on any atom is 0.244 e. The lowest BCUT2D eigenvalue weighted by atomic mass is 9.87. The molecule has 0 heterocycles. The van der Waals surface area contributed by atoms with Gasteiger partial charge in [0.05, 0.1) is 11.9 Å². The first-order chi connectivity index (χ1) is 19.6. The first kappa shape index (κ1) is 33.1. The number of rotatable bonds is 12. The molecule has 0 radical (unpaired) electrons. The number of sulfonamides is 1. The highest BCUT2D eigenvalue weighted by Crippen LogP contribution is 2.26. The Hall–Kier alpha value is -3.36. The van der Waals surface area contributed by atoms with E-state index < -0.39 is 28.5 Å². The summed E-state index contributed by atoms with van der Waals surface area (Å²) in [6.45, 7) is 10.3. The van der Waals surface area contributed by atoms with Gasteiger partial charge in [-0.05, 0) is 52.3 Å². The van der Waals surface area contributed by atoms with Crippen molar-refractivity contribution in [1.82, 2.24) is 10.2 Å². The number of nitrogens with zero attached hydrogens (tertiary/aromatic N) is 2. The van der Waals surface area contributed by atoms with Crippen molar-refractivity contribution in [3.8, 4) is 0 Å². The molecule has 0 bridgehead atoms. The molecule has 1 N–H and O–H groups in total. The van der Waals surface area contributed by atoms with E-state index in [-0.39, 0.29) is 30.2 Å². The lowest BCUT2D eigenvalue weighted by molar-refractivity contribution is -0.140. The van der Waals surface area contributed by atoms with Gasteiger partial charge in [0.15, 0.2) is 0 Å². The summed E-state index contributed by atoms with van der Waals surface area (Å²) < 4.78 is 27.1. The highest BCUT2D eigenvalue weighted by atomic mass is 35.5. The summed E-state index contributed by atoms with van der Waals surface area (Å²) in [5, 5.41) is 3.53. The van der Waals surface area contributed by atoms with Gasteiger partial charge in [-0.1, -0.05) is 101 Å². The first-order valence-corrected chi connectivity index (χ1v) is 16.3. The number of carbonyl (C=O) groups is 2. The van der Waals surface area contributed by atoms with Gasteiger partial charge in [-0.3, -0.25) is 13.9 Å². The van der Waals surface area contributed by atoms with Crippen LogP contribution < -0.4 is 9.62 Å². The van der Waals surface area contributed by atoms with Crippen LogP contribution in [0.15, 0.2) is 78.9 Å². The molecule has 0 aliphatic rings. The molecule has 2 amide bonds. The number of hydrogen-bond acceptors (Lipinski definition) is 4. The fraction of sp³-hybridized carbons (Fsp3) is 0.394. The molecule has 0 fully saturated rings. The molecule has 0 saturated heterocycles. The van der Waals surface area contributed by atoms with Crippen LogP contribution in [0.5, 0.6) is 0 Å². The number of nitrogens with one attached hydrogen (secondary N) is 1. The molecule has 1 unspecified atom stereocenters. The van der Waals surface area contributed by atoms with Crippen molar-refractivity contribution in [3.63, 3.8) is 0 Å². The number of benzene rings is 3. The third kappa shape index (κ3) is 9.60. The summed E-state index contributed by atoms with van der Waals surface area (Å²) in [5.41, 5.74) is 2.96. The van der Waals surface area contributed by atoms with Crippen LogP contribution >= 0.6 is 11.6 Å². The summed E-state index contributed by atoms with van der Waals surface area (Å²) in [4.78, 5) is 29.3. The normalized spacial score (nSPS) is 12.6. The average molecular weight is 612 g/mol. The molecule has 7 nitrogen and oxygen atoms in total. The second kappa shape index (κ2) is 14.2. The van der Waals surface area contributed by atoms with Gasteiger partial charge in [0.2, 0.25) is 21.8 Å². The molecule has 9 heteroatoms. The molecule has 3 aromatic rings. The maximum atomic E-state index is 14.2. The molecule has 0 aliphatic carbocycles. The second-order valence-corrected chi connectivity index (χ2v) is 14.4. The monoisotopic (exact) mass is 611 g/mol. The number of hydrogen-bond donors (Lipinski definition) is 1. The van der Waals surface area contributed by atoms with E-state index in [0.29, 0.717) is 17.3 Å². The molecule has 3 rings (SSSR count). The zero-order valence-electron chi connectivity index (χ0n) is 25.3. The zero-order valence-corrected chi connectivity index (χ0v) is 26.9. The average Bonchev–Trinajstić information content (AvgIpc) is 2.92. The Morgan fingerprint density at radius 3 is 2.00 bits per heavy atom. The summed E-state index contributed by atoms with van der Waals surface area (Å²) in [6, 6.07) is 22.8. The van der Waals surface area contributed by atoms with E-state index in [1.165, 1.54) is 4.90 Å². The molecular weight excluding hydrogens is 570 g/mol. The minimum atomic E-state index is -3.83. The topological polar surface area (TPSA) is 86.8 Å². The second-order valence-electron chi connectivity index (χ2n) is 12.1. The molecule has 1 atom stereocenters. The molecule has 3 aromatic carbocycles. The van der Waals surface area contributed by atoms with Crippen LogP contribution in [0.3, 0.4) is 0 Å². The largest absolute Gasteiger partial charge is 0.354 e. The summed E-state index contributed by atoms with van der Waals surface area (Å²) in [5.74, 6) is -0.574. The van der Waals surface area contributed by atoms with Crippen molar-refractivity contribution >= 4 is 39.1 Å². The fourth-order valence-corrected chi connectivity index (χ4v) is 5.48. The van der Waals surface area contributed by atoms with Crippen LogP contribution in [0.25, 0.3) is 0 Å². The van der Waals surface area contributed by atoms with Crippen LogP contribution in [-0.4, -0.2) is 50.5 Å². The number of carbonyl (C=O) groups excluding carboxylic acids is 2. The van der Waals surface area contributed by atoms with E-state index in [0.717, 1.165) is 27.3 Å². The smallest absolute Gasteiger partial charge is 0.244 e. The molecule has 0 aliphatic heterocycles. The maximum absolute atomic E-state index is 14.2. The summed E-state index contributed by atoms with van der Waals surface area (Å²) in [7, 11) is -3.83. The zero-order chi connectivity index (χ0) is 31.1. The van der Waals surface area contributed by atoms with Crippen molar-refractivity contribution in [3.05, 3.63) is 101 Å². The van der Waals surface area contributed by atoms with Crippen molar-refractivity contribution in [2.24, 2.45) is 5.92 Å². The quantitative estimate of drug-likeness (QED) is 0.280. The van der Waals surface area contributed by atoms with Crippen molar-refractivity contribution < 1.29 is 18.0 Å². The Bertz CT molecular complexity index is 1440. The fourth-order valence-electron chi connectivity index (χ4n) is 4.50. The van der Waals surface area contributed by atoms with E-state index in [2.05, 4.69) is 26.1 Å². The van der Waals surface area contributed by atoms with Gasteiger partial charge in [-0.2, -0.15) is 0 Å². The van der Waals surface area contributed by atoms with Crippen molar-refractivity contribution in [2.75, 3.05) is 23.7 Å². The third-order valence-corrected chi connectivity index (χ3v) is 8.31. The van der Waals surface area contributed by atoms with Gasteiger partial charge in [0.25, 0.3) is 0 Å². The summed E-state index contributed by atoms with van der Waals surface area (Å²) >= 11 is 6.11. The van der Waals surface area contributed by atoms with Crippen LogP contribution in [0.1, 0.15) is 51.3 Å². The van der Waals surface area contributed by atoms with Crippen molar-refractivity contribution in [2.45, 2.75) is 59.0 Å². The molecule has 0 saturated carbocycles. The Labute approximate surface area is 255 Å². The van der Waals surface area contributed by atoms with Gasteiger partial charge in [-0.25, -0.2) is 8.42 Å². The Morgan fingerprint density at radius 1 is 0.881 bits per heavy atom. The van der Waals surface area contributed by atoms with Crippen molar-refractivity contribution in [1.29, 1.82) is 0 Å². The minimum Gasteiger partial charge on any atom is -0.354 e. The van der Waals surface area contributed by atoms with Gasteiger partial charge in [0, 0.05) is 24.5 Å². The number of amides is 2. The van der Waals surface area contributed by atoms with E-state index in [1.807, 2.05) is 56.3 Å². The molecule has 226 valence electrons. The van der Waals surface area contributed by atoms with Crippen LogP contribution in [0.4, 0.5) is 5.69 Å².